The van der Waals surface area contributed by atoms with Gasteiger partial charge in [-0.05, 0) is 71.6 Å². The molecule has 2 heterocycles. The first-order chi connectivity index (χ1) is 15.4. The number of nitrogens with one attached hydrogen (secondary N) is 1. The van der Waals surface area contributed by atoms with Gasteiger partial charge in [-0.3, -0.25) is 0 Å². The zero-order valence-corrected chi connectivity index (χ0v) is 17.9. The van der Waals surface area contributed by atoms with E-state index < -0.39 is 21.9 Å². The molecule has 0 saturated carbocycles. The van der Waals surface area contributed by atoms with Crippen molar-refractivity contribution >= 4 is 15.7 Å². The lowest BCUT2D eigenvalue weighted by molar-refractivity contribution is 0.210. The third-order valence-electron chi connectivity index (χ3n) is 6.42. The molecule has 8 heteroatoms. The van der Waals surface area contributed by atoms with E-state index in [4.69, 9.17) is 0 Å². The molecular weight excluding hydrogens is 434 g/mol. The van der Waals surface area contributed by atoms with Gasteiger partial charge >= 0.3 is 0 Å². The van der Waals surface area contributed by atoms with Gasteiger partial charge in [-0.2, -0.15) is 4.31 Å². The number of hydrogen-bond acceptors (Lipinski definition) is 4. The Morgan fingerprint density at radius 2 is 1.56 bits per heavy atom. The molecule has 0 aliphatic carbocycles. The average molecular weight is 457 g/mol. The molecule has 2 N–H and O–H groups in total. The Bertz CT molecular complexity index is 1250. The number of sulfonamides is 1. The summed E-state index contributed by atoms with van der Waals surface area (Å²) in [5.41, 5.74) is 3.24. The minimum Gasteiger partial charge on any atom is -0.394 e. The van der Waals surface area contributed by atoms with E-state index in [-0.39, 0.29) is 29.3 Å². The van der Waals surface area contributed by atoms with Crippen LogP contribution < -0.4 is 5.32 Å². The molecule has 0 amide bonds. The molecule has 3 aromatic rings. The van der Waals surface area contributed by atoms with E-state index in [1.54, 1.807) is 12.1 Å². The van der Waals surface area contributed by atoms with Crippen LogP contribution in [0.1, 0.15) is 18.0 Å². The van der Waals surface area contributed by atoms with Gasteiger partial charge < -0.3 is 10.4 Å². The average Bonchev–Trinajstić information content (AvgIpc) is 3.26. The minimum atomic E-state index is -3.88. The van der Waals surface area contributed by atoms with Gasteiger partial charge in [-0.1, -0.05) is 18.2 Å². The fourth-order valence-corrected chi connectivity index (χ4v) is 6.52. The van der Waals surface area contributed by atoms with Crippen LogP contribution in [0.4, 0.5) is 14.5 Å². The van der Waals surface area contributed by atoms with Crippen LogP contribution in [-0.4, -0.2) is 37.0 Å². The molecule has 5 rings (SSSR count). The van der Waals surface area contributed by atoms with Crippen LogP contribution in [0.3, 0.4) is 0 Å². The molecule has 0 bridgehead atoms. The lowest BCUT2D eigenvalue weighted by atomic mass is 9.82. The van der Waals surface area contributed by atoms with E-state index in [1.165, 1.54) is 28.6 Å². The number of hydrogen-bond donors (Lipinski definition) is 2. The second-order valence-electron chi connectivity index (χ2n) is 8.21. The Morgan fingerprint density at radius 3 is 2.22 bits per heavy atom. The second-order valence-corrected chi connectivity index (χ2v) is 10.1. The van der Waals surface area contributed by atoms with Crippen LogP contribution in [0.25, 0.3) is 11.1 Å². The Labute approximate surface area is 185 Å². The van der Waals surface area contributed by atoms with E-state index >= 15 is 0 Å². The third kappa shape index (κ3) is 3.48. The standard InChI is InChI=1S/C24H22F2N2O3S/c25-17-4-1-15(2-5-17)16-3-10-22-21(13-16)24-20(23(14-29)27-22)11-12-28(24)32(30,31)19-8-6-18(26)7-9-19/h1-10,13,20,23-24,27,29H,11-12,14H2/t20-,23+,24-/m0/s1. The summed E-state index contributed by atoms with van der Waals surface area (Å²) >= 11 is 0. The molecule has 166 valence electrons. The molecule has 3 atom stereocenters. The summed E-state index contributed by atoms with van der Waals surface area (Å²) in [6.07, 6.45) is 0.587. The maximum Gasteiger partial charge on any atom is 0.243 e. The molecule has 32 heavy (non-hydrogen) atoms. The summed E-state index contributed by atoms with van der Waals surface area (Å²) in [7, 11) is -3.88. The number of benzene rings is 3. The van der Waals surface area contributed by atoms with Crippen LogP contribution in [-0.2, 0) is 10.0 Å². The first kappa shape index (κ1) is 21.1. The van der Waals surface area contributed by atoms with Crippen molar-refractivity contribution in [3.8, 4) is 11.1 Å². The summed E-state index contributed by atoms with van der Waals surface area (Å²) in [6.45, 7) is 0.179. The Hall–Kier alpha value is -2.81. The molecule has 2 aliphatic rings. The molecule has 0 unspecified atom stereocenters. The van der Waals surface area contributed by atoms with E-state index in [2.05, 4.69) is 5.32 Å². The Balaban J connectivity index is 1.60. The van der Waals surface area contributed by atoms with Gasteiger partial charge in [0.25, 0.3) is 0 Å². The third-order valence-corrected chi connectivity index (χ3v) is 8.32. The predicted octanol–water partition coefficient (Wildman–Crippen LogP) is 4.17. The number of fused-ring (bicyclic) bond motifs is 3. The number of aliphatic hydroxyl groups excluding tert-OH is 1. The zero-order chi connectivity index (χ0) is 22.5. The monoisotopic (exact) mass is 456 g/mol. The maximum absolute atomic E-state index is 13.5. The van der Waals surface area contributed by atoms with E-state index in [9.17, 15) is 22.3 Å². The number of rotatable bonds is 4. The first-order valence-corrected chi connectivity index (χ1v) is 11.9. The van der Waals surface area contributed by atoms with Crippen LogP contribution in [0.15, 0.2) is 71.6 Å². The lowest BCUT2D eigenvalue weighted by Gasteiger charge is -2.39. The van der Waals surface area contributed by atoms with Gasteiger partial charge in [0.2, 0.25) is 10.0 Å². The van der Waals surface area contributed by atoms with Crippen molar-refractivity contribution in [2.45, 2.75) is 23.4 Å². The largest absolute Gasteiger partial charge is 0.394 e. The quantitative estimate of drug-likeness (QED) is 0.618. The van der Waals surface area contributed by atoms with Crippen molar-refractivity contribution in [3.63, 3.8) is 0 Å². The Morgan fingerprint density at radius 1 is 0.938 bits per heavy atom. The van der Waals surface area contributed by atoms with Crippen molar-refractivity contribution in [2.24, 2.45) is 5.92 Å². The lowest BCUT2D eigenvalue weighted by Crippen LogP contribution is -2.42. The van der Waals surface area contributed by atoms with Crippen LogP contribution in [0.5, 0.6) is 0 Å². The number of anilines is 1. The summed E-state index contributed by atoms with van der Waals surface area (Å²) in [5.74, 6) is -0.947. The highest BCUT2D eigenvalue weighted by atomic mass is 32.2. The van der Waals surface area contributed by atoms with Gasteiger partial charge in [0.15, 0.2) is 0 Å². The van der Waals surface area contributed by atoms with Crippen molar-refractivity contribution in [2.75, 3.05) is 18.5 Å². The van der Waals surface area contributed by atoms with Crippen molar-refractivity contribution < 1.29 is 22.3 Å². The molecular formula is C24H22F2N2O3S. The fourth-order valence-electron chi connectivity index (χ4n) is 4.85. The van der Waals surface area contributed by atoms with Crippen molar-refractivity contribution in [1.29, 1.82) is 0 Å². The SMILES string of the molecule is O=S(=O)(c1ccc(F)cc1)N1CC[C@@H]2[C@H]1c1cc(-c3ccc(F)cc3)ccc1N[C@@H]2CO. The molecule has 2 aliphatic heterocycles. The van der Waals surface area contributed by atoms with E-state index in [1.807, 2.05) is 18.2 Å². The second kappa shape index (κ2) is 7.95. The highest BCUT2D eigenvalue weighted by Gasteiger charge is 2.48. The predicted molar refractivity (Wildman–Crippen MR) is 117 cm³/mol. The van der Waals surface area contributed by atoms with Crippen LogP contribution >= 0.6 is 0 Å². The van der Waals surface area contributed by atoms with E-state index in [0.717, 1.165) is 34.5 Å². The van der Waals surface area contributed by atoms with Crippen molar-refractivity contribution in [3.05, 3.63) is 83.9 Å². The minimum absolute atomic E-state index is 0.0369. The van der Waals surface area contributed by atoms with E-state index in [0.29, 0.717) is 13.0 Å². The molecule has 5 nitrogen and oxygen atoms in total. The summed E-state index contributed by atoms with van der Waals surface area (Å²) in [6, 6.07) is 15.9. The van der Waals surface area contributed by atoms with Gasteiger partial charge in [0.05, 0.1) is 23.6 Å². The highest BCUT2D eigenvalue weighted by Crippen LogP contribution is 2.49. The smallest absolute Gasteiger partial charge is 0.243 e. The maximum atomic E-state index is 13.5. The van der Waals surface area contributed by atoms with Crippen LogP contribution in [0.2, 0.25) is 0 Å². The molecule has 1 saturated heterocycles. The first-order valence-electron chi connectivity index (χ1n) is 10.4. The topological polar surface area (TPSA) is 69.6 Å². The number of aliphatic hydroxyl groups is 1. The molecule has 0 radical (unpaired) electrons. The normalized spacial score (nSPS) is 22.8. The van der Waals surface area contributed by atoms with Gasteiger partial charge in [0, 0.05) is 18.2 Å². The number of nitrogens with zero attached hydrogens (tertiary/aromatic N) is 1. The summed E-state index contributed by atoms with van der Waals surface area (Å²) in [4.78, 5) is 0.0369. The van der Waals surface area contributed by atoms with Gasteiger partial charge in [0.1, 0.15) is 11.6 Å². The summed E-state index contributed by atoms with van der Waals surface area (Å²) < 4.78 is 55.2. The molecule has 0 spiro atoms. The summed E-state index contributed by atoms with van der Waals surface area (Å²) in [5, 5.41) is 13.3. The van der Waals surface area contributed by atoms with Crippen molar-refractivity contribution in [1.82, 2.24) is 4.31 Å². The molecule has 1 fully saturated rings. The van der Waals surface area contributed by atoms with Crippen LogP contribution in [0, 0.1) is 17.6 Å². The van der Waals surface area contributed by atoms with Gasteiger partial charge in [-0.25, -0.2) is 17.2 Å². The fraction of sp³-hybridized carbons (Fsp3) is 0.250. The highest BCUT2D eigenvalue weighted by molar-refractivity contribution is 7.89. The molecule has 3 aromatic carbocycles. The Kier molecular flexibility index (Phi) is 5.23. The number of halogens is 2. The van der Waals surface area contributed by atoms with Gasteiger partial charge in [-0.15, -0.1) is 0 Å². The zero-order valence-electron chi connectivity index (χ0n) is 17.1. The molecule has 0 aromatic heterocycles.